The molecule has 4 rings (SSSR count). The minimum Gasteiger partial charge on any atom is -0.497 e. The fourth-order valence-corrected chi connectivity index (χ4v) is 5.88. The van der Waals surface area contributed by atoms with Crippen molar-refractivity contribution in [2.75, 3.05) is 12.9 Å². The fraction of sp³-hybridized carbons (Fsp3) is 0.542. The number of carboxylic acids is 1. The van der Waals surface area contributed by atoms with Crippen LogP contribution in [0, 0.1) is 11.8 Å². The summed E-state index contributed by atoms with van der Waals surface area (Å²) in [4.78, 5) is 10.6. The number of sulfonamides is 1. The van der Waals surface area contributed by atoms with Gasteiger partial charge in [0.05, 0.1) is 12.9 Å². The molecule has 0 heterocycles. The van der Waals surface area contributed by atoms with Crippen molar-refractivity contribution in [1.29, 1.82) is 0 Å². The third-order valence-electron chi connectivity index (χ3n) is 6.30. The number of ether oxygens (including phenoxy) is 1. The zero-order chi connectivity index (χ0) is 22.3. The highest BCUT2D eigenvalue weighted by atomic mass is 32.2. The second kappa shape index (κ2) is 10.8. The molecule has 0 spiro atoms. The van der Waals surface area contributed by atoms with Crippen molar-refractivity contribution >= 4 is 16.0 Å². The van der Waals surface area contributed by atoms with Gasteiger partial charge in [0.2, 0.25) is 10.0 Å². The van der Waals surface area contributed by atoms with Crippen LogP contribution in [0.5, 0.6) is 5.75 Å². The van der Waals surface area contributed by atoms with Crippen LogP contribution >= 0.6 is 0 Å². The quantitative estimate of drug-likeness (QED) is 0.365. The minimum absolute atomic E-state index is 0.0410. The Labute approximate surface area is 185 Å². The molecule has 0 saturated heterocycles. The summed E-state index contributed by atoms with van der Waals surface area (Å²) in [6.07, 6.45) is 11.1. The molecule has 3 aliphatic rings. The van der Waals surface area contributed by atoms with Gasteiger partial charge in [-0.05, 0) is 86.5 Å². The van der Waals surface area contributed by atoms with Gasteiger partial charge < -0.3 is 9.84 Å². The van der Waals surface area contributed by atoms with Gasteiger partial charge in [0.1, 0.15) is 5.75 Å². The highest BCUT2D eigenvalue weighted by Crippen LogP contribution is 2.45. The number of fused-ring (bicyclic) bond motifs is 2. The predicted molar refractivity (Wildman–Crippen MR) is 121 cm³/mol. The highest BCUT2D eigenvalue weighted by Gasteiger charge is 2.36. The summed E-state index contributed by atoms with van der Waals surface area (Å²) in [6, 6.07) is 7.51. The van der Waals surface area contributed by atoms with Crippen molar-refractivity contribution in [2.45, 2.75) is 57.8 Å². The number of unbranched alkanes of at least 4 members (excludes halogenated alkanes) is 1. The third kappa shape index (κ3) is 6.86. The van der Waals surface area contributed by atoms with E-state index in [1.165, 1.54) is 5.57 Å². The van der Waals surface area contributed by atoms with Crippen LogP contribution in [0.2, 0.25) is 0 Å². The number of allylic oxidation sites excluding steroid dienone is 4. The van der Waals surface area contributed by atoms with E-state index in [9.17, 15) is 13.2 Å². The molecule has 3 aliphatic carbocycles. The van der Waals surface area contributed by atoms with E-state index < -0.39 is 16.0 Å². The van der Waals surface area contributed by atoms with E-state index in [0.717, 1.165) is 55.5 Å². The number of aliphatic carboxylic acids is 1. The van der Waals surface area contributed by atoms with Gasteiger partial charge in [-0.2, -0.15) is 0 Å². The standard InChI is InChI=1S/C24H33NO5S/c1-30-21-8-6-7-18(17-21)15-16-31(28,29)25-24-20-13-11-19(12-14-20)22(24)9-4-2-3-5-10-23(26)27/h2,4,6-8,17,19-20,25H,3,5,9-16H2,1H3,(H,26,27). The molecule has 0 amide bonds. The minimum atomic E-state index is -3.44. The number of benzene rings is 1. The first kappa shape index (κ1) is 23.4. The van der Waals surface area contributed by atoms with E-state index in [-0.39, 0.29) is 12.2 Å². The number of nitrogens with one attached hydrogen (secondary N) is 1. The summed E-state index contributed by atoms with van der Waals surface area (Å²) in [5.74, 6) is 0.745. The lowest BCUT2D eigenvalue weighted by atomic mass is 9.69. The Bertz CT molecular complexity index is 927. The topological polar surface area (TPSA) is 92.7 Å². The second-order valence-electron chi connectivity index (χ2n) is 8.47. The molecule has 1 aromatic carbocycles. The van der Waals surface area contributed by atoms with Gasteiger partial charge in [-0.15, -0.1) is 0 Å². The van der Waals surface area contributed by atoms with Crippen molar-refractivity contribution in [3.8, 4) is 5.75 Å². The maximum Gasteiger partial charge on any atom is 0.303 e. The smallest absolute Gasteiger partial charge is 0.303 e. The van der Waals surface area contributed by atoms with Gasteiger partial charge in [-0.1, -0.05) is 24.3 Å². The number of aryl methyl sites for hydroxylation is 1. The summed E-state index contributed by atoms with van der Waals surface area (Å²) in [6.45, 7) is 0. The van der Waals surface area contributed by atoms with Gasteiger partial charge in [-0.25, -0.2) is 8.42 Å². The first-order valence-electron chi connectivity index (χ1n) is 11.1. The van der Waals surface area contributed by atoms with E-state index in [4.69, 9.17) is 9.84 Å². The SMILES string of the molecule is COc1cccc(CCS(=O)(=O)NC2=C(CC=CCCCC(=O)O)C3CCC2CC3)c1. The molecule has 0 atom stereocenters. The Morgan fingerprint density at radius 2 is 1.94 bits per heavy atom. The Kier molecular flexibility index (Phi) is 8.18. The average Bonchev–Trinajstić information content (AvgIpc) is 2.76. The lowest BCUT2D eigenvalue weighted by Crippen LogP contribution is -2.37. The molecule has 0 radical (unpaired) electrons. The van der Waals surface area contributed by atoms with E-state index in [2.05, 4.69) is 10.8 Å². The molecule has 2 N–H and O–H groups in total. The van der Waals surface area contributed by atoms with Gasteiger partial charge in [-0.3, -0.25) is 9.52 Å². The molecule has 1 fully saturated rings. The Morgan fingerprint density at radius 1 is 1.19 bits per heavy atom. The molecule has 170 valence electrons. The van der Waals surface area contributed by atoms with Crippen molar-refractivity contribution in [3.63, 3.8) is 0 Å². The Morgan fingerprint density at radius 3 is 2.65 bits per heavy atom. The van der Waals surface area contributed by atoms with Crippen LogP contribution in [-0.2, 0) is 21.2 Å². The van der Waals surface area contributed by atoms with Crippen molar-refractivity contribution in [3.05, 3.63) is 53.3 Å². The van der Waals surface area contributed by atoms with Crippen molar-refractivity contribution < 1.29 is 23.1 Å². The van der Waals surface area contributed by atoms with Crippen LogP contribution in [0.25, 0.3) is 0 Å². The number of methoxy groups -OCH3 is 1. The van der Waals surface area contributed by atoms with Crippen LogP contribution in [0.15, 0.2) is 47.7 Å². The summed E-state index contributed by atoms with van der Waals surface area (Å²) in [5, 5.41) is 8.73. The molecular formula is C24H33NO5S. The first-order chi connectivity index (χ1) is 14.9. The van der Waals surface area contributed by atoms with Gasteiger partial charge in [0.25, 0.3) is 0 Å². The lowest BCUT2D eigenvalue weighted by molar-refractivity contribution is -0.137. The van der Waals surface area contributed by atoms with E-state index in [1.807, 2.05) is 30.3 Å². The van der Waals surface area contributed by atoms with Gasteiger partial charge >= 0.3 is 5.97 Å². The number of carbonyl (C=O) groups is 1. The lowest BCUT2D eigenvalue weighted by Gasteiger charge is -2.40. The van der Waals surface area contributed by atoms with Crippen LogP contribution < -0.4 is 9.46 Å². The van der Waals surface area contributed by atoms with E-state index in [1.54, 1.807) is 7.11 Å². The normalized spacial score (nSPS) is 20.9. The van der Waals surface area contributed by atoms with Crippen LogP contribution in [0.1, 0.15) is 56.9 Å². The van der Waals surface area contributed by atoms with Crippen LogP contribution in [0.3, 0.4) is 0 Å². The summed E-state index contributed by atoms with van der Waals surface area (Å²) < 4.78 is 33.9. The monoisotopic (exact) mass is 447 g/mol. The zero-order valence-corrected chi connectivity index (χ0v) is 19.0. The Hall–Kier alpha value is -2.28. The van der Waals surface area contributed by atoms with Gasteiger partial charge in [0.15, 0.2) is 0 Å². The molecule has 0 unspecified atom stereocenters. The molecular weight excluding hydrogens is 414 g/mol. The molecule has 2 bridgehead atoms. The third-order valence-corrected chi connectivity index (χ3v) is 7.57. The molecule has 31 heavy (non-hydrogen) atoms. The van der Waals surface area contributed by atoms with Crippen molar-refractivity contribution in [2.24, 2.45) is 11.8 Å². The van der Waals surface area contributed by atoms with Crippen LogP contribution in [-0.4, -0.2) is 32.4 Å². The summed E-state index contributed by atoms with van der Waals surface area (Å²) in [5.41, 5.74) is 3.08. The number of hydrogen-bond acceptors (Lipinski definition) is 4. The first-order valence-corrected chi connectivity index (χ1v) is 12.8. The number of rotatable bonds is 12. The number of carboxylic acid groups (broad SMARTS) is 1. The highest BCUT2D eigenvalue weighted by molar-refractivity contribution is 7.89. The van der Waals surface area contributed by atoms with Crippen LogP contribution in [0.4, 0.5) is 0 Å². The second-order valence-corrected chi connectivity index (χ2v) is 10.3. The molecule has 1 saturated carbocycles. The molecule has 6 nitrogen and oxygen atoms in total. The molecule has 0 aliphatic heterocycles. The largest absolute Gasteiger partial charge is 0.497 e. The predicted octanol–water partition coefficient (Wildman–Crippen LogP) is 4.43. The zero-order valence-electron chi connectivity index (χ0n) is 18.2. The molecule has 1 aromatic rings. The maximum atomic E-state index is 12.9. The summed E-state index contributed by atoms with van der Waals surface area (Å²) in [7, 11) is -1.84. The van der Waals surface area contributed by atoms with Gasteiger partial charge in [0, 0.05) is 12.1 Å². The van der Waals surface area contributed by atoms with Crippen molar-refractivity contribution in [1.82, 2.24) is 4.72 Å². The van der Waals surface area contributed by atoms with E-state index >= 15 is 0 Å². The number of hydrogen-bond donors (Lipinski definition) is 2. The summed E-state index contributed by atoms with van der Waals surface area (Å²) >= 11 is 0. The average molecular weight is 448 g/mol. The maximum absolute atomic E-state index is 12.9. The Balaban J connectivity index is 1.64. The fourth-order valence-electron chi connectivity index (χ4n) is 4.64. The van der Waals surface area contributed by atoms with E-state index in [0.29, 0.717) is 24.7 Å². The molecule has 0 aromatic heterocycles. The molecule has 7 heteroatoms.